The summed E-state index contributed by atoms with van der Waals surface area (Å²) in [5.41, 5.74) is 2.88. The summed E-state index contributed by atoms with van der Waals surface area (Å²) in [7, 11) is 1.74. The Bertz CT molecular complexity index is 611. The molecule has 1 aromatic carbocycles. The molecule has 1 saturated carbocycles. The van der Waals surface area contributed by atoms with Crippen molar-refractivity contribution >= 4 is 5.96 Å². The molecule has 1 heterocycles. The van der Waals surface area contributed by atoms with Gasteiger partial charge < -0.3 is 19.7 Å². The van der Waals surface area contributed by atoms with Gasteiger partial charge in [-0.05, 0) is 50.7 Å². The number of benzene rings is 1. The fourth-order valence-electron chi connectivity index (χ4n) is 3.94. The topological polar surface area (TPSA) is 46.1 Å². The van der Waals surface area contributed by atoms with Crippen molar-refractivity contribution in [2.75, 3.05) is 40.0 Å². The van der Waals surface area contributed by atoms with Gasteiger partial charge in [0, 0.05) is 51.9 Å². The highest BCUT2D eigenvalue weighted by atomic mass is 16.5. The Labute approximate surface area is 164 Å². The highest BCUT2D eigenvalue weighted by molar-refractivity contribution is 5.81. The van der Waals surface area contributed by atoms with E-state index in [0.717, 1.165) is 58.1 Å². The molecule has 150 valence electrons. The third-order valence-electron chi connectivity index (χ3n) is 5.59. The zero-order chi connectivity index (χ0) is 19.1. The molecule has 0 amide bonds. The molecule has 5 nitrogen and oxygen atoms in total. The summed E-state index contributed by atoms with van der Waals surface area (Å²) >= 11 is 0. The van der Waals surface area contributed by atoms with E-state index >= 15 is 0 Å². The highest BCUT2D eigenvalue weighted by Crippen LogP contribution is 2.42. The summed E-state index contributed by atoms with van der Waals surface area (Å²) in [5.74, 6) is 1.70. The molecule has 1 aromatic rings. The van der Waals surface area contributed by atoms with Crippen molar-refractivity contribution in [2.45, 2.75) is 57.6 Å². The number of aliphatic imine (C=N–C) groups is 1. The molecule has 0 aromatic heterocycles. The van der Waals surface area contributed by atoms with Crippen molar-refractivity contribution in [3.05, 3.63) is 35.4 Å². The van der Waals surface area contributed by atoms with E-state index in [-0.39, 0.29) is 0 Å². The Morgan fingerprint density at radius 1 is 1.22 bits per heavy atom. The van der Waals surface area contributed by atoms with Crippen molar-refractivity contribution < 1.29 is 9.47 Å². The normalized spacial score (nSPS) is 23.5. The van der Waals surface area contributed by atoms with Gasteiger partial charge in [0.15, 0.2) is 5.96 Å². The van der Waals surface area contributed by atoms with Gasteiger partial charge in [-0.2, -0.15) is 0 Å². The summed E-state index contributed by atoms with van der Waals surface area (Å²) in [5, 5.41) is 3.73. The quantitative estimate of drug-likeness (QED) is 0.431. The number of hydrogen-bond acceptors (Lipinski definition) is 3. The number of nitrogens with one attached hydrogen (secondary N) is 1. The highest BCUT2D eigenvalue weighted by Gasteiger charge is 2.40. The van der Waals surface area contributed by atoms with Crippen molar-refractivity contribution in [3.63, 3.8) is 0 Å². The maximum Gasteiger partial charge on any atom is 0.194 e. The lowest BCUT2D eigenvalue weighted by atomic mass is 10.0. The van der Waals surface area contributed by atoms with Gasteiger partial charge in [-0.1, -0.05) is 24.3 Å². The molecule has 0 spiro atoms. The van der Waals surface area contributed by atoms with E-state index < -0.39 is 0 Å². The maximum atomic E-state index is 5.99. The number of aryl methyl sites for hydroxylation is 1. The van der Waals surface area contributed by atoms with Gasteiger partial charge in [-0.3, -0.25) is 4.99 Å². The van der Waals surface area contributed by atoms with Crippen LogP contribution in [0.3, 0.4) is 0 Å². The van der Waals surface area contributed by atoms with Gasteiger partial charge in [0.2, 0.25) is 0 Å². The molecule has 2 fully saturated rings. The second kappa shape index (κ2) is 10.1. The van der Waals surface area contributed by atoms with Gasteiger partial charge in [-0.25, -0.2) is 0 Å². The fourth-order valence-corrected chi connectivity index (χ4v) is 3.94. The van der Waals surface area contributed by atoms with E-state index in [2.05, 4.69) is 48.3 Å². The van der Waals surface area contributed by atoms with Crippen LogP contribution >= 0.6 is 0 Å². The zero-order valence-electron chi connectivity index (χ0n) is 17.1. The first-order chi connectivity index (χ1) is 13.2. The van der Waals surface area contributed by atoms with Crippen molar-refractivity contribution in [1.82, 2.24) is 10.2 Å². The van der Waals surface area contributed by atoms with Crippen molar-refractivity contribution in [2.24, 2.45) is 4.99 Å². The zero-order valence-corrected chi connectivity index (χ0v) is 17.1. The summed E-state index contributed by atoms with van der Waals surface area (Å²) in [6.07, 6.45) is 4.70. The number of likely N-dealkylation sites (tertiary alicyclic amines) is 1. The second-order valence-corrected chi connectivity index (χ2v) is 7.65. The van der Waals surface area contributed by atoms with E-state index in [4.69, 9.17) is 14.5 Å². The Hall–Kier alpha value is -1.59. The third kappa shape index (κ3) is 5.69. The Morgan fingerprint density at radius 2 is 2.00 bits per heavy atom. The van der Waals surface area contributed by atoms with Crippen molar-refractivity contribution in [3.8, 4) is 0 Å². The minimum absolute atomic E-state index is 0.377. The molecule has 5 heteroatoms. The minimum atomic E-state index is 0.377. The van der Waals surface area contributed by atoms with E-state index in [1.807, 2.05) is 0 Å². The third-order valence-corrected chi connectivity index (χ3v) is 5.59. The number of guanidine groups is 1. The minimum Gasteiger partial charge on any atom is -0.385 e. The molecule has 27 heavy (non-hydrogen) atoms. The van der Waals surface area contributed by atoms with Gasteiger partial charge in [0.25, 0.3) is 0 Å². The summed E-state index contributed by atoms with van der Waals surface area (Å²) in [6, 6.07) is 9.26. The number of nitrogens with zero attached hydrogens (tertiary/aromatic N) is 2. The van der Waals surface area contributed by atoms with Gasteiger partial charge >= 0.3 is 0 Å². The van der Waals surface area contributed by atoms with Crippen LogP contribution in [0.5, 0.6) is 0 Å². The Morgan fingerprint density at radius 3 is 2.70 bits per heavy atom. The summed E-state index contributed by atoms with van der Waals surface area (Å²) in [4.78, 5) is 7.17. The van der Waals surface area contributed by atoms with Crippen LogP contribution in [0, 0.1) is 6.92 Å². The van der Waals surface area contributed by atoms with E-state index in [0.29, 0.717) is 18.1 Å². The Kier molecular flexibility index (Phi) is 7.53. The largest absolute Gasteiger partial charge is 0.385 e. The smallest absolute Gasteiger partial charge is 0.194 e. The Balaban J connectivity index is 1.47. The van der Waals surface area contributed by atoms with Crippen LogP contribution in [0.2, 0.25) is 0 Å². The van der Waals surface area contributed by atoms with Crippen LogP contribution in [-0.4, -0.2) is 63.0 Å². The van der Waals surface area contributed by atoms with E-state index in [9.17, 15) is 0 Å². The molecule has 2 aliphatic rings. The molecule has 1 aliphatic carbocycles. The molecule has 1 N–H and O–H groups in total. The molecule has 0 bridgehead atoms. The molecule has 3 rings (SSSR count). The molecule has 2 unspecified atom stereocenters. The molecular weight excluding hydrogens is 338 g/mol. The lowest BCUT2D eigenvalue weighted by molar-refractivity contribution is 0.00988. The van der Waals surface area contributed by atoms with Crippen LogP contribution in [0.15, 0.2) is 29.3 Å². The monoisotopic (exact) mass is 373 g/mol. The summed E-state index contributed by atoms with van der Waals surface area (Å²) < 4.78 is 11.1. The predicted molar refractivity (Wildman–Crippen MR) is 110 cm³/mol. The lowest BCUT2D eigenvalue weighted by Crippen LogP contribution is -2.48. The average Bonchev–Trinajstić information content (AvgIpc) is 3.45. The van der Waals surface area contributed by atoms with Crippen LogP contribution in [0.25, 0.3) is 0 Å². The van der Waals surface area contributed by atoms with E-state index in [1.54, 1.807) is 7.11 Å². The number of hydrogen-bond donors (Lipinski definition) is 1. The average molecular weight is 374 g/mol. The SMILES string of the molecule is CCN=C(NC1CC1c1ccccc1C)N1CCC(OCCCOC)CC1. The van der Waals surface area contributed by atoms with Crippen LogP contribution in [0.1, 0.15) is 49.7 Å². The number of piperidine rings is 1. The lowest BCUT2D eigenvalue weighted by Gasteiger charge is -2.34. The van der Waals surface area contributed by atoms with Gasteiger partial charge in [0.1, 0.15) is 0 Å². The summed E-state index contributed by atoms with van der Waals surface area (Å²) in [6.45, 7) is 8.75. The maximum absolute atomic E-state index is 5.99. The molecule has 1 saturated heterocycles. The second-order valence-electron chi connectivity index (χ2n) is 7.65. The van der Waals surface area contributed by atoms with Crippen LogP contribution < -0.4 is 5.32 Å². The number of ether oxygens (including phenoxy) is 2. The molecule has 1 aliphatic heterocycles. The van der Waals surface area contributed by atoms with E-state index in [1.165, 1.54) is 17.5 Å². The van der Waals surface area contributed by atoms with Gasteiger partial charge in [0.05, 0.1) is 6.10 Å². The van der Waals surface area contributed by atoms with Crippen LogP contribution in [0.4, 0.5) is 0 Å². The van der Waals surface area contributed by atoms with Gasteiger partial charge in [-0.15, -0.1) is 0 Å². The number of rotatable bonds is 8. The fraction of sp³-hybridized carbons (Fsp3) is 0.682. The van der Waals surface area contributed by atoms with Crippen molar-refractivity contribution in [1.29, 1.82) is 0 Å². The first-order valence-electron chi connectivity index (χ1n) is 10.4. The molecule has 2 atom stereocenters. The molecular formula is C22H35N3O2. The first-order valence-corrected chi connectivity index (χ1v) is 10.4. The number of methoxy groups -OCH3 is 1. The molecule has 0 radical (unpaired) electrons. The first kappa shape index (κ1) is 20.2. The van der Waals surface area contributed by atoms with Crippen LogP contribution in [-0.2, 0) is 9.47 Å². The standard InChI is InChI=1S/C22H35N3O2/c1-4-23-22(24-21-16-20(21)19-9-6-5-8-17(19)2)25-12-10-18(11-13-25)27-15-7-14-26-3/h5-6,8-9,18,20-21H,4,7,10-16H2,1-3H3,(H,23,24). The predicted octanol–water partition coefficient (Wildman–Crippen LogP) is 3.33.